The second-order valence-corrected chi connectivity index (χ2v) is 7.50. The van der Waals surface area contributed by atoms with Gasteiger partial charge in [-0.3, -0.25) is 0 Å². The van der Waals surface area contributed by atoms with Gasteiger partial charge in [-0.2, -0.15) is 0 Å². The van der Waals surface area contributed by atoms with Gasteiger partial charge in [0.2, 0.25) is 0 Å². The molecular weight excluding hydrogens is 341 g/mol. The smallest absolute Gasteiger partial charge is 0.451 e. The maximum absolute atomic E-state index is 12.4. The fourth-order valence-electron chi connectivity index (χ4n) is 2.96. The number of fused-ring (bicyclic) bond motifs is 1. The van der Waals surface area contributed by atoms with Crippen LogP contribution >= 0.6 is 0 Å². The number of hydrogen-bond acceptors (Lipinski definition) is 7. The third kappa shape index (κ3) is 3.78. The maximum atomic E-state index is 12.4. The SMILES string of the molecule is CC(C)(C)OC(=O)N1CCC2(CC1)OC(=O)c1cc(B(O)O)ccc1O2. The molecule has 0 unspecified atom stereocenters. The molecule has 1 aromatic rings. The van der Waals surface area contributed by atoms with E-state index in [1.54, 1.807) is 25.7 Å². The van der Waals surface area contributed by atoms with Crippen molar-refractivity contribution in [3.63, 3.8) is 0 Å². The Hall–Kier alpha value is -2.26. The fourth-order valence-corrected chi connectivity index (χ4v) is 2.96. The van der Waals surface area contributed by atoms with Gasteiger partial charge in [0.05, 0.1) is 0 Å². The minimum Gasteiger partial charge on any atom is -0.451 e. The Balaban J connectivity index is 1.70. The second-order valence-electron chi connectivity index (χ2n) is 7.50. The molecule has 1 aromatic carbocycles. The first-order valence-electron chi connectivity index (χ1n) is 8.49. The molecule has 0 radical (unpaired) electrons. The summed E-state index contributed by atoms with van der Waals surface area (Å²) in [6.45, 7) is 6.08. The Morgan fingerprint density at radius 2 is 1.88 bits per heavy atom. The predicted molar refractivity (Wildman–Crippen MR) is 92.1 cm³/mol. The number of nitrogens with zero attached hydrogens (tertiary/aromatic N) is 1. The monoisotopic (exact) mass is 363 g/mol. The van der Waals surface area contributed by atoms with Crippen molar-refractivity contribution < 1.29 is 33.8 Å². The summed E-state index contributed by atoms with van der Waals surface area (Å²) in [4.78, 5) is 26.1. The molecule has 1 fully saturated rings. The second kappa shape index (κ2) is 6.48. The van der Waals surface area contributed by atoms with Crippen molar-refractivity contribution >= 4 is 24.6 Å². The molecule has 1 spiro atoms. The van der Waals surface area contributed by atoms with Gasteiger partial charge < -0.3 is 29.2 Å². The number of carbonyl (C=O) groups excluding carboxylic acids is 2. The Morgan fingerprint density at radius 3 is 2.46 bits per heavy atom. The summed E-state index contributed by atoms with van der Waals surface area (Å²) in [6, 6.07) is 4.34. The van der Waals surface area contributed by atoms with Gasteiger partial charge in [-0.05, 0) is 38.4 Å². The van der Waals surface area contributed by atoms with Gasteiger partial charge in [0.15, 0.2) is 0 Å². The molecule has 0 aliphatic carbocycles. The van der Waals surface area contributed by atoms with Gasteiger partial charge in [0, 0.05) is 25.9 Å². The molecule has 9 heteroatoms. The number of piperidine rings is 1. The van der Waals surface area contributed by atoms with Gasteiger partial charge in [-0.15, -0.1) is 0 Å². The summed E-state index contributed by atoms with van der Waals surface area (Å²) in [6.07, 6.45) is 0.236. The number of rotatable bonds is 1. The highest BCUT2D eigenvalue weighted by Gasteiger charge is 2.46. The van der Waals surface area contributed by atoms with Crippen LogP contribution in [-0.4, -0.2) is 58.6 Å². The summed E-state index contributed by atoms with van der Waals surface area (Å²) in [5.74, 6) is -1.38. The van der Waals surface area contributed by atoms with E-state index in [4.69, 9.17) is 14.2 Å². The Labute approximate surface area is 151 Å². The molecule has 1 amide bonds. The van der Waals surface area contributed by atoms with Crippen molar-refractivity contribution in [3.05, 3.63) is 23.8 Å². The molecule has 2 heterocycles. The summed E-state index contributed by atoms with van der Waals surface area (Å²) in [5.41, 5.74) is -0.246. The number of benzene rings is 1. The lowest BCUT2D eigenvalue weighted by Crippen LogP contribution is -2.54. The van der Waals surface area contributed by atoms with Crippen LogP contribution in [0.3, 0.4) is 0 Å². The molecule has 26 heavy (non-hydrogen) atoms. The van der Waals surface area contributed by atoms with Crippen LogP contribution in [0.4, 0.5) is 4.79 Å². The lowest BCUT2D eigenvalue weighted by atomic mass is 9.79. The Morgan fingerprint density at radius 1 is 1.23 bits per heavy atom. The van der Waals surface area contributed by atoms with Gasteiger partial charge in [0.25, 0.3) is 5.79 Å². The molecular formula is C17H22BNO7. The molecule has 2 N–H and O–H groups in total. The van der Waals surface area contributed by atoms with Gasteiger partial charge in [-0.25, -0.2) is 9.59 Å². The maximum Gasteiger partial charge on any atom is 0.488 e. The average molecular weight is 363 g/mol. The van der Waals surface area contributed by atoms with E-state index in [9.17, 15) is 19.6 Å². The largest absolute Gasteiger partial charge is 0.488 e. The fraction of sp³-hybridized carbons (Fsp3) is 0.529. The van der Waals surface area contributed by atoms with E-state index < -0.39 is 30.6 Å². The normalized spacial score (nSPS) is 18.7. The minimum atomic E-state index is -1.68. The highest BCUT2D eigenvalue weighted by atomic mass is 16.7. The first-order valence-corrected chi connectivity index (χ1v) is 8.49. The van der Waals surface area contributed by atoms with Crippen LogP contribution in [0.5, 0.6) is 5.75 Å². The highest BCUT2D eigenvalue weighted by molar-refractivity contribution is 6.58. The molecule has 8 nitrogen and oxygen atoms in total. The third-order valence-electron chi connectivity index (χ3n) is 4.27. The molecule has 0 saturated carbocycles. The average Bonchev–Trinajstić information content (AvgIpc) is 2.53. The van der Waals surface area contributed by atoms with E-state index in [2.05, 4.69) is 0 Å². The Kier molecular flexibility index (Phi) is 4.62. The third-order valence-corrected chi connectivity index (χ3v) is 4.27. The van der Waals surface area contributed by atoms with E-state index in [-0.39, 0.29) is 11.0 Å². The van der Waals surface area contributed by atoms with Gasteiger partial charge >= 0.3 is 19.2 Å². The lowest BCUT2D eigenvalue weighted by Gasteiger charge is -2.43. The van der Waals surface area contributed by atoms with Crippen LogP contribution < -0.4 is 10.2 Å². The number of ether oxygens (including phenoxy) is 3. The summed E-state index contributed by atoms with van der Waals surface area (Å²) in [7, 11) is -1.68. The van der Waals surface area contributed by atoms with Crippen molar-refractivity contribution in [1.29, 1.82) is 0 Å². The zero-order chi connectivity index (χ0) is 19.1. The van der Waals surface area contributed by atoms with Crippen molar-refractivity contribution in [1.82, 2.24) is 4.90 Å². The van der Waals surface area contributed by atoms with Crippen molar-refractivity contribution in [2.45, 2.75) is 45.0 Å². The number of carbonyl (C=O) groups is 2. The number of esters is 1. The van der Waals surface area contributed by atoms with Gasteiger partial charge in [-0.1, -0.05) is 6.07 Å². The van der Waals surface area contributed by atoms with E-state index in [1.165, 1.54) is 18.2 Å². The molecule has 0 atom stereocenters. The molecule has 2 aliphatic heterocycles. The zero-order valence-electron chi connectivity index (χ0n) is 15.0. The number of amides is 1. The summed E-state index contributed by atoms with van der Waals surface area (Å²) < 4.78 is 16.8. The van der Waals surface area contributed by atoms with E-state index in [1.807, 2.05) is 0 Å². The minimum absolute atomic E-state index is 0.149. The first kappa shape index (κ1) is 18.5. The standard InChI is InChI=1S/C17H22BNO7/c1-16(2,3)26-15(21)19-8-6-17(7-9-19)24-13-5-4-11(18(22)23)10-12(13)14(20)25-17/h4-5,10,22-23H,6-9H2,1-3H3. The van der Waals surface area contributed by atoms with Crippen molar-refractivity contribution in [2.24, 2.45) is 0 Å². The van der Waals surface area contributed by atoms with Crippen molar-refractivity contribution in [2.75, 3.05) is 13.1 Å². The van der Waals surface area contributed by atoms with Crippen LogP contribution in [0, 0.1) is 0 Å². The quantitative estimate of drug-likeness (QED) is 0.557. The van der Waals surface area contributed by atoms with Gasteiger partial charge in [0.1, 0.15) is 16.9 Å². The van der Waals surface area contributed by atoms with E-state index in [0.717, 1.165) is 0 Å². The summed E-state index contributed by atoms with van der Waals surface area (Å²) >= 11 is 0. The number of hydrogen-bond donors (Lipinski definition) is 2. The molecule has 2 aliphatic rings. The van der Waals surface area contributed by atoms with Crippen LogP contribution in [-0.2, 0) is 9.47 Å². The van der Waals surface area contributed by atoms with Crippen LogP contribution in [0.15, 0.2) is 18.2 Å². The molecule has 140 valence electrons. The lowest BCUT2D eigenvalue weighted by molar-refractivity contribution is -0.178. The number of likely N-dealkylation sites (tertiary alicyclic amines) is 1. The molecule has 3 rings (SSSR count). The van der Waals surface area contributed by atoms with E-state index in [0.29, 0.717) is 31.7 Å². The van der Waals surface area contributed by atoms with Crippen LogP contribution in [0.25, 0.3) is 0 Å². The molecule has 1 saturated heterocycles. The van der Waals surface area contributed by atoms with E-state index >= 15 is 0 Å². The predicted octanol–water partition coefficient (Wildman–Crippen LogP) is 0.643. The van der Waals surface area contributed by atoms with Crippen molar-refractivity contribution in [3.8, 4) is 5.75 Å². The summed E-state index contributed by atoms with van der Waals surface area (Å²) in [5, 5.41) is 18.5. The topological polar surface area (TPSA) is 106 Å². The van der Waals surface area contributed by atoms with Crippen LogP contribution in [0.1, 0.15) is 44.0 Å². The first-order chi connectivity index (χ1) is 12.1. The Bertz CT molecular complexity index is 720. The highest BCUT2D eigenvalue weighted by Crippen LogP contribution is 2.37. The zero-order valence-corrected chi connectivity index (χ0v) is 15.0. The molecule has 0 bridgehead atoms. The molecule has 0 aromatic heterocycles. The van der Waals surface area contributed by atoms with Crippen LogP contribution in [0.2, 0.25) is 0 Å².